The zero-order valence-electron chi connectivity index (χ0n) is 13.2. The molecular weight excluding hydrogens is 296 g/mol. The summed E-state index contributed by atoms with van der Waals surface area (Å²) in [6, 6.07) is 7.78. The number of benzene rings is 1. The normalized spacial score (nSPS) is 10.7. The third-order valence-corrected chi connectivity index (χ3v) is 3.46. The van der Waals surface area contributed by atoms with E-state index in [9.17, 15) is 9.59 Å². The van der Waals surface area contributed by atoms with E-state index in [1.807, 2.05) is 24.3 Å². The summed E-state index contributed by atoms with van der Waals surface area (Å²) in [4.78, 5) is 29.1. The minimum atomic E-state index is -0.943. The van der Waals surface area contributed by atoms with Gasteiger partial charge in [0.2, 0.25) is 0 Å². The Bertz CT molecular complexity index is 720. The highest BCUT2D eigenvalue weighted by Crippen LogP contribution is 2.18. The highest BCUT2D eigenvalue weighted by Gasteiger charge is 2.06. The fourth-order valence-electron chi connectivity index (χ4n) is 2.05. The second-order valence-corrected chi connectivity index (χ2v) is 5.59. The molecule has 1 heterocycles. The van der Waals surface area contributed by atoms with Gasteiger partial charge in [0.15, 0.2) is 0 Å². The topological polar surface area (TPSA) is 92.3 Å². The van der Waals surface area contributed by atoms with Crippen LogP contribution < -0.4 is 10.3 Å². The van der Waals surface area contributed by atoms with Crippen molar-refractivity contribution >= 4 is 5.97 Å². The van der Waals surface area contributed by atoms with Gasteiger partial charge in [-0.05, 0) is 30.0 Å². The molecular formula is C17H20N2O4. The second kappa shape index (κ2) is 7.58. The maximum absolute atomic E-state index is 11.8. The van der Waals surface area contributed by atoms with Crippen LogP contribution in [0, 0.1) is 0 Å². The maximum atomic E-state index is 11.8. The van der Waals surface area contributed by atoms with Crippen molar-refractivity contribution in [2.75, 3.05) is 0 Å². The quantitative estimate of drug-likeness (QED) is 0.818. The number of aromatic nitrogens is 2. The van der Waals surface area contributed by atoms with E-state index < -0.39 is 5.97 Å². The molecule has 0 aliphatic rings. The van der Waals surface area contributed by atoms with E-state index in [1.165, 1.54) is 11.8 Å². The highest BCUT2D eigenvalue weighted by atomic mass is 16.5. The summed E-state index contributed by atoms with van der Waals surface area (Å²) in [6.07, 6.45) is 1.47. The lowest BCUT2D eigenvalue weighted by atomic mass is 10.0. The highest BCUT2D eigenvalue weighted by molar-refractivity contribution is 5.67. The molecule has 23 heavy (non-hydrogen) atoms. The maximum Gasteiger partial charge on any atom is 0.303 e. The molecule has 0 spiro atoms. The van der Waals surface area contributed by atoms with Crippen molar-refractivity contribution in [3.05, 3.63) is 57.8 Å². The molecule has 2 rings (SSSR count). The zero-order chi connectivity index (χ0) is 16.8. The Labute approximate surface area is 134 Å². The van der Waals surface area contributed by atoms with Gasteiger partial charge in [-0.25, -0.2) is 4.98 Å². The molecule has 6 heteroatoms. The van der Waals surface area contributed by atoms with Crippen LogP contribution in [0.2, 0.25) is 0 Å². The third-order valence-electron chi connectivity index (χ3n) is 3.46. The number of ether oxygens (including phenoxy) is 1. The van der Waals surface area contributed by atoms with Crippen LogP contribution in [0.1, 0.15) is 43.1 Å². The van der Waals surface area contributed by atoms with Gasteiger partial charge in [-0.3, -0.25) is 9.59 Å². The largest absolute Gasteiger partial charge is 0.486 e. The number of hydrogen-bond donors (Lipinski definition) is 2. The number of carboxylic acids is 1. The van der Waals surface area contributed by atoms with Crippen molar-refractivity contribution in [1.29, 1.82) is 0 Å². The number of hydrogen-bond acceptors (Lipinski definition) is 4. The number of nitrogens with zero attached hydrogens (tertiary/aromatic N) is 1. The first kappa shape index (κ1) is 16.7. The summed E-state index contributed by atoms with van der Waals surface area (Å²) < 4.78 is 5.59. The van der Waals surface area contributed by atoms with E-state index in [4.69, 9.17) is 9.84 Å². The number of carbonyl (C=O) groups is 1. The van der Waals surface area contributed by atoms with Gasteiger partial charge in [0.05, 0.1) is 0 Å². The molecule has 1 aromatic carbocycles. The molecule has 0 amide bonds. The van der Waals surface area contributed by atoms with Crippen LogP contribution in [0.15, 0.2) is 35.3 Å². The molecule has 0 radical (unpaired) electrons. The molecule has 2 aromatic rings. The van der Waals surface area contributed by atoms with Crippen molar-refractivity contribution in [2.45, 2.75) is 39.2 Å². The Balaban J connectivity index is 1.96. The third kappa shape index (κ3) is 4.95. The SMILES string of the molecule is CC(C)c1ccc(OCc2ncc(CCC(=O)O)c(=O)[nH]2)cc1. The molecule has 6 nitrogen and oxygen atoms in total. The Morgan fingerprint density at radius 2 is 2.00 bits per heavy atom. The van der Waals surface area contributed by atoms with Gasteiger partial charge in [-0.1, -0.05) is 26.0 Å². The van der Waals surface area contributed by atoms with E-state index in [1.54, 1.807) is 0 Å². The van der Waals surface area contributed by atoms with Gasteiger partial charge in [0, 0.05) is 18.2 Å². The summed E-state index contributed by atoms with van der Waals surface area (Å²) in [7, 11) is 0. The van der Waals surface area contributed by atoms with Crippen LogP contribution in [-0.2, 0) is 17.8 Å². The van der Waals surface area contributed by atoms with Gasteiger partial charge < -0.3 is 14.8 Å². The van der Waals surface area contributed by atoms with Gasteiger partial charge in [-0.2, -0.15) is 0 Å². The van der Waals surface area contributed by atoms with Crippen LogP contribution in [0.4, 0.5) is 0 Å². The summed E-state index contributed by atoms with van der Waals surface area (Å²) >= 11 is 0. The fraction of sp³-hybridized carbons (Fsp3) is 0.353. The smallest absolute Gasteiger partial charge is 0.303 e. The molecule has 0 saturated carbocycles. The molecule has 0 saturated heterocycles. The molecule has 2 N–H and O–H groups in total. The lowest BCUT2D eigenvalue weighted by Gasteiger charge is -2.09. The van der Waals surface area contributed by atoms with Gasteiger partial charge in [0.25, 0.3) is 5.56 Å². The summed E-state index contributed by atoms with van der Waals surface area (Å²) in [5.41, 5.74) is 1.26. The number of rotatable bonds is 7. The molecule has 0 fully saturated rings. The van der Waals surface area contributed by atoms with Crippen LogP contribution >= 0.6 is 0 Å². The van der Waals surface area contributed by atoms with Crippen LogP contribution in [0.25, 0.3) is 0 Å². The number of nitrogens with one attached hydrogen (secondary N) is 1. The lowest BCUT2D eigenvalue weighted by Crippen LogP contribution is -2.18. The van der Waals surface area contributed by atoms with Crippen LogP contribution in [0.3, 0.4) is 0 Å². The Morgan fingerprint density at radius 3 is 2.57 bits per heavy atom. The van der Waals surface area contributed by atoms with E-state index in [0.29, 0.717) is 23.1 Å². The summed E-state index contributed by atoms with van der Waals surface area (Å²) in [6.45, 7) is 4.39. The van der Waals surface area contributed by atoms with Crippen molar-refractivity contribution in [3.63, 3.8) is 0 Å². The van der Waals surface area contributed by atoms with Crippen LogP contribution in [0.5, 0.6) is 5.75 Å². The first-order valence-corrected chi connectivity index (χ1v) is 7.47. The van der Waals surface area contributed by atoms with E-state index in [-0.39, 0.29) is 25.0 Å². The van der Waals surface area contributed by atoms with E-state index in [0.717, 1.165) is 0 Å². The molecule has 0 bridgehead atoms. The van der Waals surface area contributed by atoms with E-state index in [2.05, 4.69) is 23.8 Å². The van der Waals surface area contributed by atoms with Gasteiger partial charge in [-0.15, -0.1) is 0 Å². The van der Waals surface area contributed by atoms with Crippen molar-refractivity contribution < 1.29 is 14.6 Å². The number of aromatic amines is 1. The predicted octanol–water partition coefficient (Wildman–Crippen LogP) is 2.49. The van der Waals surface area contributed by atoms with Crippen LogP contribution in [-0.4, -0.2) is 21.0 Å². The minimum Gasteiger partial charge on any atom is -0.486 e. The van der Waals surface area contributed by atoms with Crippen molar-refractivity contribution in [2.24, 2.45) is 0 Å². The summed E-state index contributed by atoms with van der Waals surface area (Å²) in [5.74, 6) is 0.621. The predicted molar refractivity (Wildman–Crippen MR) is 85.7 cm³/mol. The number of H-pyrrole nitrogens is 1. The number of carboxylic acid groups (broad SMARTS) is 1. The fourth-order valence-corrected chi connectivity index (χ4v) is 2.05. The van der Waals surface area contributed by atoms with Crippen molar-refractivity contribution in [1.82, 2.24) is 9.97 Å². The standard InChI is InChI=1S/C17H20N2O4/c1-11(2)12-3-6-14(7-4-12)23-10-15-18-9-13(17(22)19-15)5-8-16(20)21/h3-4,6-7,9,11H,5,8,10H2,1-2H3,(H,20,21)(H,18,19,22). The average molecular weight is 316 g/mol. The van der Waals surface area contributed by atoms with Gasteiger partial charge >= 0.3 is 5.97 Å². The van der Waals surface area contributed by atoms with Crippen molar-refractivity contribution in [3.8, 4) is 5.75 Å². The second-order valence-electron chi connectivity index (χ2n) is 5.59. The molecule has 0 unspecified atom stereocenters. The molecule has 0 atom stereocenters. The zero-order valence-corrected chi connectivity index (χ0v) is 13.2. The number of aliphatic carboxylic acids is 1. The average Bonchev–Trinajstić information content (AvgIpc) is 2.52. The number of aryl methyl sites for hydroxylation is 1. The monoisotopic (exact) mass is 316 g/mol. The van der Waals surface area contributed by atoms with E-state index >= 15 is 0 Å². The summed E-state index contributed by atoms with van der Waals surface area (Å²) in [5, 5.41) is 8.63. The Morgan fingerprint density at radius 1 is 1.30 bits per heavy atom. The lowest BCUT2D eigenvalue weighted by molar-refractivity contribution is -0.136. The molecule has 1 aromatic heterocycles. The van der Waals surface area contributed by atoms with Gasteiger partial charge in [0.1, 0.15) is 18.2 Å². The molecule has 122 valence electrons. The Hall–Kier alpha value is -2.63. The Kier molecular flexibility index (Phi) is 5.51. The first-order valence-electron chi connectivity index (χ1n) is 7.47. The molecule has 0 aliphatic heterocycles. The minimum absolute atomic E-state index is 0.0944. The first-order chi connectivity index (χ1) is 11.0. The molecule has 0 aliphatic carbocycles.